The molecule has 2 aromatic heterocycles. The molecule has 84 valence electrons. The Morgan fingerprint density at radius 1 is 1.44 bits per heavy atom. The van der Waals surface area contributed by atoms with Gasteiger partial charge in [-0.25, -0.2) is 0 Å². The highest BCUT2D eigenvalue weighted by atomic mass is 15.2. The van der Waals surface area contributed by atoms with Crippen LogP contribution in [0.1, 0.15) is 24.7 Å². The van der Waals surface area contributed by atoms with Gasteiger partial charge in [0.1, 0.15) is 11.5 Å². The molecule has 2 aromatic rings. The van der Waals surface area contributed by atoms with Gasteiger partial charge in [0.05, 0.1) is 17.1 Å². The summed E-state index contributed by atoms with van der Waals surface area (Å²) in [6.07, 6.45) is 3.84. The van der Waals surface area contributed by atoms with Crippen LogP contribution in [0, 0.1) is 6.92 Å². The van der Waals surface area contributed by atoms with E-state index < -0.39 is 0 Å². The second-order valence-corrected chi connectivity index (χ2v) is 3.75. The first kappa shape index (κ1) is 10.6. The molecule has 0 atom stereocenters. The molecule has 0 aliphatic rings. The van der Waals surface area contributed by atoms with E-state index in [1.165, 1.54) is 0 Å². The number of nitrogens with two attached hydrogens (primary N) is 1. The van der Waals surface area contributed by atoms with Crippen molar-refractivity contribution in [2.75, 3.05) is 5.73 Å². The zero-order chi connectivity index (χ0) is 11.5. The standard InChI is InChI=1S/C11H15N5/c1-3-4-8-6-13-11(7(2)14-8)9-5-10(12)16-15-9/h5-6H,3-4H2,1-2H3,(H3,12,15,16). The molecule has 0 spiro atoms. The molecule has 5 nitrogen and oxygen atoms in total. The predicted molar refractivity (Wildman–Crippen MR) is 62.8 cm³/mol. The fraction of sp³-hybridized carbons (Fsp3) is 0.364. The second-order valence-electron chi connectivity index (χ2n) is 3.75. The summed E-state index contributed by atoms with van der Waals surface area (Å²) in [4.78, 5) is 8.89. The van der Waals surface area contributed by atoms with Crippen LogP contribution in [0.15, 0.2) is 12.3 Å². The number of nitrogens with one attached hydrogen (secondary N) is 1. The van der Waals surface area contributed by atoms with Gasteiger partial charge in [-0.05, 0) is 13.3 Å². The van der Waals surface area contributed by atoms with E-state index in [4.69, 9.17) is 5.73 Å². The zero-order valence-electron chi connectivity index (χ0n) is 9.49. The molecule has 5 heteroatoms. The number of anilines is 1. The molecule has 0 aliphatic heterocycles. The van der Waals surface area contributed by atoms with E-state index >= 15 is 0 Å². The van der Waals surface area contributed by atoms with Crippen LogP contribution < -0.4 is 5.73 Å². The number of H-pyrrole nitrogens is 1. The third kappa shape index (κ3) is 2.03. The molecule has 0 unspecified atom stereocenters. The Balaban J connectivity index is 2.36. The van der Waals surface area contributed by atoms with Gasteiger partial charge in [-0.2, -0.15) is 5.10 Å². The van der Waals surface area contributed by atoms with Crippen molar-refractivity contribution < 1.29 is 0 Å². The monoisotopic (exact) mass is 217 g/mol. The van der Waals surface area contributed by atoms with Crippen LogP contribution in [0.5, 0.6) is 0 Å². The predicted octanol–water partition coefficient (Wildman–Crippen LogP) is 1.71. The number of aryl methyl sites for hydroxylation is 2. The average Bonchev–Trinajstić information content (AvgIpc) is 2.65. The van der Waals surface area contributed by atoms with E-state index in [0.29, 0.717) is 5.82 Å². The van der Waals surface area contributed by atoms with Crippen molar-refractivity contribution in [1.82, 2.24) is 20.2 Å². The summed E-state index contributed by atoms with van der Waals surface area (Å²) in [6.45, 7) is 4.07. The zero-order valence-corrected chi connectivity index (χ0v) is 9.49. The molecule has 0 radical (unpaired) electrons. The second kappa shape index (κ2) is 4.30. The molecule has 0 saturated heterocycles. The minimum Gasteiger partial charge on any atom is -0.382 e. The molecule has 0 amide bonds. The number of hydrogen-bond acceptors (Lipinski definition) is 4. The fourth-order valence-electron chi connectivity index (χ4n) is 1.63. The summed E-state index contributed by atoms with van der Waals surface area (Å²) in [7, 11) is 0. The lowest BCUT2D eigenvalue weighted by Gasteiger charge is -2.03. The van der Waals surface area contributed by atoms with Crippen LogP contribution in [0.2, 0.25) is 0 Å². The smallest absolute Gasteiger partial charge is 0.145 e. The quantitative estimate of drug-likeness (QED) is 0.820. The summed E-state index contributed by atoms with van der Waals surface area (Å²) >= 11 is 0. The maximum Gasteiger partial charge on any atom is 0.145 e. The van der Waals surface area contributed by atoms with Gasteiger partial charge in [0.2, 0.25) is 0 Å². The lowest BCUT2D eigenvalue weighted by molar-refractivity contribution is 0.860. The maximum atomic E-state index is 5.55. The van der Waals surface area contributed by atoms with E-state index in [-0.39, 0.29) is 0 Å². The van der Waals surface area contributed by atoms with E-state index in [1.54, 1.807) is 6.07 Å². The van der Waals surface area contributed by atoms with Crippen molar-refractivity contribution in [1.29, 1.82) is 0 Å². The number of aromatic nitrogens is 4. The van der Waals surface area contributed by atoms with Crippen LogP contribution in [0.4, 0.5) is 5.82 Å². The van der Waals surface area contributed by atoms with Crippen LogP contribution >= 0.6 is 0 Å². The largest absolute Gasteiger partial charge is 0.382 e. The first-order valence-electron chi connectivity index (χ1n) is 5.34. The molecule has 16 heavy (non-hydrogen) atoms. The fourth-order valence-corrected chi connectivity index (χ4v) is 1.63. The van der Waals surface area contributed by atoms with Gasteiger partial charge in [-0.1, -0.05) is 13.3 Å². The molecule has 2 rings (SSSR count). The minimum absolute atomic E-state index is 0.467. The molecular weight excluding hydrogens is 202 g/mol. The Kier molecular flexibility index (Phi) is 2.85. The van der Waals surface area contributed by atoms with Gasteiger partial charge >= 0.3 is 0 Å². The van der Waals surface area contributed by atoms with Gasteiger partial charge in [-0.15, -0.1) is 0 Å². The first-order valence-corrected chi connectivity index (χ1v) is 5.34. The van der Waals surface area contributed by atoms with Gasteiger partial charge in [0.25, 0.3) is 0 Å². The Hall–Kier alpha value is -1.91. The van der Waals surface area contributed by atoms with E-state index in [1.807, 2.05) is 13.1 Å². The normalized spacial score (nSPS) is 10.6. The number of rotatable bonds is 3. The third-order valence-corrected chi connectivity index (χ3v) is 2.36. The van der Waals surface area contributed by atoms with Crippen molar-refractivity contribution in [3.05, 3.63) is 23.7 Å². The summed E-state index contributed by atoms with van der Waals surface area (Å²) in [5.41, 5.74) is 9.10. The van der Waals surface area contributed by atoms with Crippen LogP contribution in [0.3, 0.4) is 0 Å². The van der Waals surface area contributed by atoms with Crippen molar-refractivity contribution in [2.45, 2.75) is 26.7 Å². The van der Waals surface area contributed by atoms with Crippen molar-refractivity contribution in [3.63, 3.8) is 0 Å². The lowest BCUT2D eigenvalue weighted by Crippen LogP contribution is -1.97. The van der Waals surface area contributed by atoms with Gasteiger partial charge in [-0.3, -0.25) is 15.1 Å². The lowest BCUT2D eigenvalue weighted by atomic mass is 10.2. The molecule has 2 heterocycles. The van der Waals surface area contributed by atoms with Gasteiger partial charge in [0, 0.05) is 12.3 Å². The Morgan fingerprint density at radius 2 is 2.25 bits per heavy atom. The molecule has 0 saturated carbocycles. The maximum absolute atomic E-state index is 5.55. The Morgan fingerprint density at radius 3 is 2.81 bits per heavy atom. The summed E-state index contributed by atoms with van der Waals surface area (Å²) in [5.74, 6) is 0.467. The molecular formula is C11H15N5. The third-order valence-electron chi connectivity index (χ3n) is 2.36. The number of nitrogen functional groups attached to an aromatic ring is 1. The first-order chi connectivity index (χ1) is 7.70. The molecule has 0 aromatic carbocycles. The topological polar surface area (TPSA) is 80.5 Å². The van der Waals surface area contributed by atoms with E-state index in [9.17, 15) is 0 Å². The Labute approximate surface area is 94.1 Å². The molecule has 3 N–H and O–H groups in total. The highest BCUT2D eigenvalue weighted by Gasteiger charge is 2.08. The summed E-state index contributed by atoms with van der Waals surface area (Å²) in [5, 5.41) is 6.71. The highest BCUT2D eigenvalue weighted by molar-refractivity contribution is 5.59. The number of hydrogen-bond donors (Lipinski definition) is 2. The van der Waals surface area contributed by atoms with Crippen LogP contribution in [-0.4, -0.2) is 20.2 Å². The van der Waals surface area contributed by atoms with E-state index in [2.05, 4.69) is 27.1 Å². The number of nitrogens with zero attached hydrogens (tertiary/aromatic N) is 3. The van der Waals surface area contributed by atoms with Crippen LogP contribution in [-0.2, 0) is 6.42 Å². The van der Waals surface area contributed by atoms with E-state index in [0.717, 1.165) is 35.6 Å². The number of aromatic amines is 1. The van der Waals surface area contributed by atoms with Crippen molar-refractivity contribution in [3.8, 4) is 11.4 Å². The Bertz CT molecular complexity index is 489. The molecule has 0 aliphatic carbocycles. The highest BCUT2D eigenvalue weighted by Crippen LogP contribution is 2.19. The summed E-state index contributed by atoms with van der Waals surface area (Å²) < 4.78 is 0. The molecule has 0 bridgehead atoms. The minimum atomic E-state index is 0.467. The molecule has 0 fully saturated rings. The average molecular weight is 217 g/mol. The summed E-state index contributed by atoms with van der Waals surface area (Å²) in [6, 6.07) is 1.76. The van der Waals surface area contributed by atoms with Gasteiger partial charge < -0.3 is 5.73 Å². The van der Waals surface area contributed by atoms with Crippen molar-refractivity contribution in [2.24, 2.45) is 0 Å². The van der Waals surface area contributed by atoms with Crippen LogP contribution in [0.25, 0.3) is 11.4 Å². The SMILES string of the molecule is CCCc1cnc(-c2cc(N)n[nH]2)c(C)n1. The van der Waals surface area contributed by atoms with Gasteiger partial charge in [0.15, 0.2) is 0 Å². The van der Waals surface area contributed by atoms with Crippen molar-refractivity contribution >= 4 is 5.82 Å².